The Morgan fingerprint density at radius 2 is 1.85 bits per heavy atom. The Hall–Kier alpha value is -1.38. The fourth-order valence-electron chi connectivity index (χ4n) is 2.90. The molecule has 1 aromatic carbocycles. The van der Waals surface area contributed by atoms with Crippen molar-refractivity contribution in [3.8, 4) is 0 Å². The van der Waals surface area contributed by atoms with Crippen LogP contribution in [0.3, 0.4) is 0 Å². The first-order valence-electron chi connectivity index (χ1n) is 7.75. The highest BCUT2D eigenvalue weighted by molar-refractivity contribution is 5.75. The molecule has 0 atom stereocenters. The summed E-state index contributed by atoms with van der Waals surface area (Å²) in [5.74, 6) is 0.689. The lowest BCUT2D eigenvalue weighted by atomic mass is 9.86. The van der Waals surface area contributed by atoms with Crippen molar-refractivity contribution in [1.82, 2.24) is 5.32 Å². The highest BCUT2D eigenvalue weighted by Gasteiger charge is 2.14. The third kappa shape index (κ3) is 5.32. The van der Waals surface area contributed by atoms with E-state index in [0.29, 0.717) is 13.0 Å². The zero-order valence-corrected chi connectivity index (χ0v) is 12.0. The van der Waals surface area contributed by atoms with Crippen LogP contribution < -0.4 is 5.32 Å². The minimum Gasteiger partial charge on any atom is -0.356 e. The smallest absolute Gasteiger partial charge is 0.220 e. The van der Waals surface area contributed by atoms with E-state index >= 15 is 0 Å². The van der Waals surface area contributed by atoms with E-state index in [4.69, 9.17) is 0 Å². The zero-order chi connectivity index (χ0) is 14.2. The topological polar surface area (TPSA) is 29.1 Å². The van der Waals surface area contributed by atoms with E-state index < -0.39 is 0 Å². The SMILES string of the molecule is O=C(CCC1CCCCC1)NCCc1ccc(F)cc1. The summed E-state index contributed by atoms with van der Waals surface area (Å²) in [4.78, 5) is 11.8. The van der Waals surface area contributed by atoms with Gasteiger partial charge in [-0.3, -0.25) is 4.79 Å². The molecule has 0 unspecified atom stereocenters. The maximum absolute atomic E-state index is 12.7. The molecule has 1 aliphatic carbocycles. The molecule has 1 saturated carbocycles. The van der Waals surface area contributed by atoms with Gasteiger partial charge < -0.3 is 5.32 Å². The molecule has 3 heteroatoms. The normalized spacial score (nSPS) is 16.1. The summed E-state index contributed by atoms with van der Waals surface area (Å²) >= 11 is 0. The van der Waals surface area contributed by atoms with E-state index in [9.17, 15) is 9.18 Å². The van der Waals surface area contributed by atoms with Gasteiger partial charge in [0.15, 0.2) is 0 Å². The van der Waals surface area contributed by atoms with E-state index in [0.717, 1.165) is 24.3 Å². The van der Waals surface area contributed by atoms with Crippen LogP contribution in [0.25, 0.3) is 0 Å². The Balaban J connectivity index is 1.58. The molecule has 1 aliphatic rings. The van der Waals surface area contributed by atoms with E-state index in [2.05, 4.69) is 5.32 Å². The third-order valence-corrected chi connectivity index (χ3v) is 4.15. The Kier molecular flexibility index (Phi) is 6.03. The van der Waals surface area contributed by atoms with Crippen molar-refractivity contribution in [3.63, 3.8) is 0 Å². The quantitative estimate of drug-likeness (QED) is 0.841. The molecule has 0 spiro atoms. The summed E-state index contributed by atoms with van der Waals surface area (Å²) in [5, 5.41) is 2.95. The second-order valence-electron chi connectivity index (χ2n) is 5.77. The van der Waals surface area contributed by atoms with Crippen LogP contribution in [0.4, 0.5) is 4.39 Å². The molecule has 0 heterocycles. The fourth-order valence-corrected chi connectivity index (χ4v) is 2.90. The first-order chi connectivity index (χ1) is 9.74. The first-order valence-corrected chi connectivity index (χ1v) is 7.75. The molecule has 110 valence electrons. The van der Waals surface area contributed by atoms with Crippen molar-refractivity contribution >= 4 is 5.91 Å². The molecular weight excluding hydrogens is 253 g/mol. The summed E-state index contributed by atoms with van der Waals surface area (Å²) in [7, 11) is 0. The number of carbonyl (C=O) groups is 1. The lowest BCUT2D eigenvalue weighted by molar-refractivity contribution is -0.121. The number of hydrogen-bond acceptors (Lipinski definition) is 1. The van der Waals surface area contributed by atoms with Crippen LogP contribution in [-0.2, 0) is 11.2 Å². The number of hydrogen-bond donors (Lipinski definition) is 1. The van der Waals surface area contributed by atoms with Gasteiger partial charge in [0.2, 0.25) is 5.91 Å². The molecule has 1 fully saturated rings. The molecule has 1 aromatic rings. The predicted octanol–water partition coefficient (Wildman–Crippen LogP) is 3.84. The molecule has 1 amide bonds. The first kappa shape index (κ1) is 15.0. The average molecular weight is 277 g/mol. The van der Waals surface area contributed by atoms with Crippen molar-refractivity contribution < 1.29 is 9.18 Å². The van der Waals surface area contributed by atoms with Crippen molar-refractivity contribution in [2.75, 3.05) is 6.54 Å². The Morgan fingerprint density at radius 1 is 1.15 bits per heavy atom. The van der Waals surface area contributed by atoms with Crippen LogP contribution in [0, 0.1) is 11.7 Å². The van der Waals surface area contributed by atoms with Crippen molar-refractivity contribution in [3.05, 3.63) is 35.6 Å². The summed E-state index contributed by atoms with van der Waals surface area (Å²) in [5.41, 5.74) is 1.05. The number of halogens is 1. The van der Waals surface area contributed by atoms with Gasteiger partial charge in [0.25, 0.3) is 0 Å². The van der Waals surface area contributed by atoms with Crippen molar-refractivity contribution in [1.29, 1.82) is 0 Å². The summed E-state index contributed by atoms with van der Waals surface area (Å²) in [6.45, 7) is 0.634. The van der Waals surface area contributed by atoms with Crippen LogP contribution in [0.2, 0.25) is 0 Å². The number of benzene rings is 1. The third-order valence-electron chi connectivity index (χ3n) is 4.15. The second kappa shape index (κ2) is 8.03. The number of carbonyl (C=O) groups excluding carboxylic acids is 1. The van der Waals surface area contributed by atoms with Gasteiger partial charge in [-0.15, -0.1) is 0 Å². The lowest BCUT2D eigenvalue weighted by Crippen LogP contribution is -2.26. The van der Waals surface area contributed by atoms with Crippen LogP contribution in [0.1, 0.15) is 50.5 Å². The van der Waals surface area contributed by atoms with Gasteiger partial charge in [-0.2, -0.15) is 0 Å². The highest BCUT2D eigenvalue weighted by atomic mass is 19.1. The summed E-state index contributed by atoms with van der Waals surface area (Å²) in [6.07, 6.45) is 9.05. The number of amides is 1. The summed E-state index contributed by atoms with van der Waals surface area (Å²) in [6, 6.07) is 6.45. The number of rotatable bonds is 6. The van der Waals surface area contributed by atoms with Gasteiger partial charge >= 0.3 is 0 Å². The largest absolute Gasteiger partial charge is 0.356 e. The Labute approximate surface area is 120 Å². The van der Waals surface area contributed by atoms with Crippen LogP contribution in [0.5, 0.6) is 0 Å². The van der Waals surface area contributed by atoms with E-state index in [1.807, 2.05) is 0 Å². The minimum atomic E-state index is -0.217. The van der Waals surface area contributed by atoms with Gasteiger partial charge in [-0.1, -0.05) is 44.2 Å². The van der Waals surface area contributed by atoms with Gasteiger partial charge in [-0.25, -0.2) is 4.39 Å². The van der Waals surface area contributed by atoms with Crippen molar-refractivity contribution in [2.45, 2.75) is 51.4 Å². The molecule has 0 aliphatic heterocycles. The standard InChI is InChI=1S/C17H24FNO/c18-16-9-6-15(7-10-16)12-13-19-17(20)11-8-14-4-2-1-3-5-14/h6-7,9-10,14H,1-5,8,11-13H2,(H,19,20). The van der Waals surface area contributed by atoms with E-state index in [1.165, 1.54) is 44.2 Å². The second-order valence-corrected chi connectivity index (χ2v) is 5.77. The van der Waals surface area contributed by atoms with Gasteiger partial charge in [0.05, 0.1) is 0 Å². The molecule has 0 radical (unpaired) electrons. The molecular formula is C17H24FNO. The minimum absolute atomic E-state index is 0.151. The molecule has 20 heavy (non-hydrogen) atoms. The molecule has 0 aromatic heterocycles. The van der Waals surface area contributed by atoms with Crippen LogP contribution in [-0.4, -0.2) is 12.5 Å². The molecule has 0 bridgehead atoms. The van der Waals surface area contributed by atoms with Crippen molar-refractivity contribution in [2.24, 2.45) is 5.92 Å². The highest BCUT2D eigenvalue weighted by Crippen LogP contribution is 2.27. The molecule has 2 rings (SSSR count). The van der Waals surface area contributed by atoms with E-state index in [1.54, 1.807) is 12.1 Å². The molecule has 2 nitrogen and oxygen atoms in total. The predicted molar refractivity (Wildman–Crippen MR) is 78.9 cm³/mol. The van der Waals surface area contributed by atoms with E-state index in [-0.39, 0.29) is 11.7 Å². The van der Waals surface area contributed by atoms with Gasteiger partial charge in [0.1, 0.15) is 5.82 Å². The molecule has 1 N–H and O–H groups in total. The fraction of sp³-hybridized carbons (Fsp3) is 0.588. The maximum Gasteiger partial charge on any atom is 0.220 e. The van der Waals surface area contributed by atoms with Gasteiger partial charge in [0, 0.05) is 13.0 Å². The maximum atomic E-state index is 12.7. The van der Waals surface area contributed by atoms with Crippen LogP contribution in [0.15, 0.2) is 24.3 Å². The zero-order valence-electron chi connectivity index (χ0n) is 12.0. The number of nitrogens with one attached hydrogen (secondary N) is 1. The molecule has 0 saturated heterocycles. The summed E-state index contributed by atoms with van der Waals surface area (Å²) < 4.78 is 12.7. The Morgan fingerprint density at radius 3 is 2.55 bits per heavy atom. The lowest BCUT2D eigenvalue weighted by Gasteiger charge is -2.20. The Bertz CT molecular complexity index is 410. The van der Waals surface area contributed by atoms with Crippen LogP contribution >= 0.6 is 0 Å². The average Bonchev–Trinajstić information content (AvgIpc) is 2.48. The monoisotopic (exact) mass is 277 g/mol. The van der Waals surface area contributed by atoms with Gasteiger partial charge in [-0.05, 0) is 36.5 Å².